The van der Waals surface area contributed by atoms with E-state index in [4.69, 9.17) is 5.11 Å². The minimum Gasteiger partial charge on any atom is -0.508 e. The molecule has 5 nitrogen and oxygen atoms in total. The van der Waals surface area contributed by atoms with Crippen molar-refractivity contribution < 1.29 is 19.1 Å². The molecule has 2 amide bonds. The fraction of sp³-hybridized carbons (Fsp3) is 0.222. The molecule has 3 N–H and O–H groups in total. The molecule has 2 aromatic rings. The van der Waals surface area contributed by atoms with Crippen molar-refractivity contribution in [3.05, 3.63) is 54.3 Å². The van der Waals surface area contributed by atoms with Gasteiger partial charge in [-0.2, -0.15) is 0 Å². The van der Waals surface area contributed by atoms with Gasteiger partial charge in [0.15, 0.2) is 0 Å². The van der Waals surface area contributed by atoms with Crippen LogP contribution in [0.3, 0.4) is 0 Å². The van der Waals surface area contributed by atoms with E-state index in [0.29, 0.717) is 37.1 Å². The quantitative estimate of drug-likeness (QED) is 0.535. The smallest absolute Gasteiger partial charge is 0.224 e. The number of phenols is 1. The third kappa shape index (κ3) is 6.08. The molecule has 0 aliphatic rings. The predicted molar refractivity (Wildman–Crippen MR) is 90.2 cm³/mol. The number of hydrogen-bond donors (Lipinski definition) is 3. The van der Waals surface area contributed by atoms with Gasteiger partial charge in [-0.25, -0.2) is 4.39 Å². The second-order valence-electron chi connectivity index (χ2n) is 5.36. The highest BCUT2D eigenvalue weighted by atomic mass is 19.1. The van der Waals surface area contributed by atoms with Gasteiger partial charge in [-0.3, -0.25) is 9.59 Å². The van der Waals surface area contributed by atoms with Gasteiger partial charge in [0, 0.05) is 24.2 Å². The lowest BCUT2D eigenvalue weighted by atomic mass is 10.1. The maximum Gasteiger partial charge on any atom is 0.224 e. The molecule has 6 heteroatoms. The van der Waals surface area contributed by atoms with E-state index in [1.165, 1.54) is 36.4 Å². The van der Waals surface area contributed by atoms with E-state index in [0.717, 1.165) is 0 Å². The van der Waals surface area contributed by atoms with Gasteiger partial charge >= 0.3 is 0 Å². The van der Waals surface area contributed by atoms with E-state index in [-0.39, 0.29) is 23.4 Å². The maximum absolute atomic E-state index is 12.8. The summed E-state index contributed by atoms with van der Waals surface area (Å²) in [6.45, 7) is 0. The molecule has 0 fully saturated rings. The monoisotopic (exact) mass is 330 g/mol. The van der Waals surface area contributed by atoms with E-state index in [9.17, 15) is 14.0 Å². The molecule has 0 aliphatic heterocycles. The van der Waals surface area contributed by atoms with Crippen LogP contribution in [-0.4, -0.2) is 16.9 Å². The first-order chi connectivity index (χ1) is 11.5. The number of hydrogen-bond acceptors (Lipinski definition) is 3. The maximum atomic E-state index is 12.8. The van der Waals surface area contributed by atoms with E-state index in [2.05, 4.69) is 10.6 Å². The summed E-state index contributed by atoms with van der Waals surface area (Å²) in [7, 11) is 0. The second kappa shape index (κ2) is 8.67. The van der Waals surface area contributed by atoms with Crippen LogP contribution in [0.2, 0.25) is 0 Å². The summed E-state index contributed by atoms with van der Waals surface area (Å²) in [5.41, 5.74) is 1.17. The number of amides is 2. The number of carbonyl (C=O) groups excluding carboxylic acids is 2. The highest BCUT2D eigenvalue weighted by molar-refractivity contribution is 5.91. The third-order valence-corrected chi connectivity index (χ3v) is 3.34. The molecule has 126 valence electrons. The lowest BCUT2D eigenvalue weighted by Crippen LogP contribution is -2.13. The van der Waals surface area contributed by atoms with Gasteiger partial charge < -0.3 is 15.7 Å². The van der Waals surface area contributed by atoms with Gasteiger partial charge in [0.1, 0.15) is 11.6 Å². The zero-order chi connectivity index (χ0) is 17.4. The SMILES string of the molecule is O=C(CCCCC(=O)Nc1ccc(F)cc1)Nc1ccc(O)cc1. The summed E-state index contributed by atoms with van der Waals surface area (Å²) in [6, 6.07) is 11.8. The Kier molecular flexibility index (Phi) is 6.31. The lowest BCUT2D eigenvalue weighted by molar-refractivity contribution is -0.118. The Morgan fingerprint density at radius 2 is 1.21 bits per heavy atom. The molecular weight excluding hydrogens is 311 g/mol. The summed E-state index contributed by atoms with van der Waals surface area (Å²) < 4.78 is 12.8. The van der Waals surface area contributed by atoms with E-state index in [1.54, 1.807) is 12.1 Å². The number of nitrogens with one attached hydrogen (secondary N) is 2. The van der Waals surface area contributed by atoms with Crippen LogP contribution in [0.1, 0.15) is 25.7 Å². The lowest BCUT2D eigenvalue weighted by Gasteiger charge is -2.06. The normalized spacial score (nSPS) is 10.2. The number of anilines is 2. The molecule has 0 spiro atoms. The van der Waals surface area contributed by atoms with Crippen LogP contribution in [0.25, 0.3) is 0 Å². The first-order valence-electron chi connectivity index (χ1n) is 7.67. The Bertz CT molecular complexity index is 623. The summed E-state index contributed by atoms with van der Waals surface area (Å²) in [4.78, 5) is 23.5. The van der Waals surface area contributed by atoms with Gasteiger partial charge in [0.25, 0.3) is 0 Å². The molecule has 2 aromatic carbocycles. The highest BCUT2D eigenvalue weighted by Crippen LogP contribution is 2.14. The number of phenolic OH excluding ortho intramolecular Hbond substituents is 1. The standard InChI is InChI=1S/C18H19FN2O3/c19-13-5-7-14(8-6-13)20-17(23)3-1-2-4-18(24)21-15-9-11-16(22)12-10-15/h5-12,22H,1-4H2,(H,20,23)(H,21,24). The Morgan fingerprint density at radius 3 is 1.67 bits per heavy atom. The van der Waals surface area contributed by atoms with E-state index in [1.807, 2.05) is 0 Å². The number of halogens is 1. The van der Waals surface area contributed by atoms with E-state index < -0.39 is 0 Å². The molecule has 0 aliphatic carbocycles. The van der Waals surface area contributed by atoms with Crippen LogP contribution in [-0.2, 0) is 9.59 Å². The van der Waals surface area contributed by atoms with Crippen molar-refractivity contribution in [2.75, 3.05) is 10.6 Å². The summed E-state index contributed by atoms with van der Waals surface area (Å²) in [5.74, 6) is -0.520. The van der Waals surface area contributed by atoms with Crippen molar-refractivity contribution in [3.63, 3.8) is 0 Å². The van der Waals surface area contributed by atoms with Crippen LogP contribution in [0, 0.1) is 5.82 Å². The molecule has 0 saturated heterocycles. The van der Waals surface area contributed by atoms with Gasteiger partial charge in [0.2, 0.25) is 11.8 Å². The Hall–Kier alpha value is -2.89. The fourth-order valence-corrected chi connectivity index (χ4v) is 2.10. The van der Waals surface area contributed by atoms with E-state index >= 15 is 0 Å². The summed E-state index contributed by atoms with van der Waals surface area (Å²) >= 11 is 0. The van der Waals surface area contributed by atoms with Gasteiger partial charge in [-0.15, -0.1) is 0 Å². The van der Waals surface area contributed by atoms with Crippen molar-refractivity contribution >= 4 is 23.2 Å². The van der Waals surface area contributed by atoms with Crippen LogP contribution in [0.4, 0.5) is 15.8 Å². The van der Waals surface area contributed by atoms with Gasteiger partial charge in [-0.05, 0) is 61.4 Å². The number of unbranched alkanes of at least 4 members (excludes halogenated alkanes) is 1. The minimum absolute atomic E-state index is 0.139. The Labute approximate surface area is 139 Å². The molecule has 24 heavy (non-hydrogen) atoms. The van der Waals surface area contributed by atoms with Crippen LogP contribution in [0.5, 0.6) is 5.75 Å². The minimum atomic E-state index is -0.354. The van der Waals surface area contributed by atoms with Crippen LogP contribution in [0.15, 0.2) is 48.5 Å². The fourth-order valence-electron chi connectivity index (χ4n) is 2.10. The Morgan fingerprint density at radius 1 is 0.792 bits per heavy atom. The third-order valence-electron chi connectivity index (χ3n) is 3.34. The summed E-state index contributed by atoms with van der Waals surface area (Å²) in [5, 5.41) is 14.6. The summed E-state index contributed by atoms with van der Waals surface area (Å²) in [6.07, 6.45) is 1.77. The zero-order valence-electron chi connectivity index (χ0n) is 13.1. The number of rotatable bonds is 7. The molecule has 0 atom stereocenters. The average molecular weight is 330 g/mol. The zero-order valence-corrected chi connectivity index (χ0v) is 13.1. The topological polar surface area (TPSA) is 78.4 Å². The molecule has 0 aromatic heterocycles. The van der Waals surface area contributed by atoms with Gasteiger partial charge in [0.05, 0.1) is 0 Å². The van der Waals surface area contributed by atoms with Crippen molar-refractivity contribution in [2.24, 2.45) is 0 Å². The molecular formula is C18H19FN2O3. The molecule has 0 unspecified atom stereocenters. The first-order valence-corrected chi connectivity index (χ1v) is 7.67. The number of aromatic hydroxyl groups is 1. The van der Waals surface area contributed by atoms with Crippen molar-refractivity contribution in [1.29, 1.82) is 0 Å². The van der Waals surface area contributed by atoms with Crippen LogP contribution >= 0.6 is 0 Å². The Balaban J connectivity index is 1.63. The van der Waals surface area contributed by atoms with Crippen molar-refractivity contribution in [3.8, 4) is 5.75 Å². The van der Waals surface area contributed by atoms with Gasteiger partial charge in [-0.1, -0.05) is 0 Å². The second-order valence-corrected chi connectivity index (χ2v) is 5.36. The van der Waals surface area contributed by atoms with Crippen molar-refractivity contribution in [1.82, 2.24) is 0 Å². The average Bonchev–Trinajstić information content (AvgIpc) is 2.56. The molecule has 0 bridgehead atoms. The largest absolute Gasteiger partial charge is 0.508 e. The molecule has 0 heterocycles. The predicted octanol–water partition coefficient (Wildman–Crippen LogP) is 3.67. The van der Waals surface area contributed by atoms with Crippen molar-refractivity contribution in [2.45, 2.75) is 25.7 Å². The molecule has 0 saturated carbocycles. The first kappa shape index (κ1) is 17.5. The van der Waals surface area contributed by atoms with Crippen LogP contribution < -0.4 is 10.6 Å². The number of benzene rings is 2. The number of carbonyl (C=O) groups is 2. The highest BCUT2D eigenvalue weighted by Gasteiger charge is 2.05. The molecule has 0 radical (unpaired) electrons. The molecule has 2 rings (SSSR count).